The quantitative estimate of drug-likeness (QED) is 0.882. The van der Waals surface area contributed by atoms with Crippen molar-refractivity contribution in [3.8, 4) is 11.3 Å². The second-order valence-corrected chi connectivity index (χ2v) is 5.73. The molecule has 3 heteroatoms. The Labute approximate surface area is 126 Å². The van der Waals surface area contributed by atoms with Gasteiger partial charge in [0.25, 0.3) is 5.56 Å². The molecule has 0 aliphatic rings. The van der Waals surface area contributed by atoms with Gasteiger partial charge in [0, 0.05) is 29.4 Å². The predicted octanol–water partition coefficient (Wildman–Crippen LogP) is 3.55. The lowest BCUT2D eigenvalue weighted by molar-refractivity contribution is 0.532. The van der Waals surface area contributed by atoms with Crippen LogP contribution in [-0.4, -0.2) is 11.0 Å². The van der Waals surface area contributed by atoms with E-state index in [0.717, 1.165) is 23.2 Å². The molecule has 1 aromatic carbocycles. The molecule has 0 aliphatic heterocycles. The Morgan fingerprint density at radius 2 is 1.95 bits per heavy atom. The predicted molar refractivity (Wildman–Crippen MR) is 88.6 cm³/mol. The molecule has 1 aromatic heterocycles. The number of hydrogen-bond donors (Lipinski definition) is 2. The number of nitrogens with one attached hydrogen (secondary N) is 2. The summed E-state index contributed by atoms with van der Waals surface area (Å²) in [5, 5.41) is 3.35. The van der Waals surface area contributed by atoms with Gasteiger partial charge < -0.3 is 10.3 Å². The van der Waals surface area contributed by atoms with E-state index < -0.39 is 0 Å². The molecule has 0 fully saturated rings. The average molecular weight is 284 g/mol. The zero-order valence-corrected chi connectivity index (χ0v) is 13.3. The van der Waals surface area contributed by atoms with Gasteiger partial charge in [0.15, 0.2) is 0 Å². The number of aromatic amines is 1. The number of aromatic nitrogens is 1. The minimum Gasteiger partial charge on any atom is -0.322 e. The van der Waals surface area contributed by atoms with Gasteiger partial charge in [-0.05, 0) is 44.9 Å². The summed E-state index contributed by atoms with van der Waals surface area (Å²) in [7, 11) is 0. The summed E-state index contributed by atoms with van der Waals surface area (Å²) in [6.07, 6.45) is 1.05. The molecule has 2 N–H and O–H groups in total. The highest BCUT2D eigenvalue weighted by Gasteiger charge is 2.07. The van der Waals surface area contributed by atoms with Crippen LogP contribution in [0.15, 0.2) is 35.1 Å². The van der Waals surface area contributed by atoms with Gasteiger partial charge in [-0.25, -0.2) is 0 Å². The van der Waals surface area contributed by atoms with E-state index in [1.54, 1.807) is 0 Å². The van der Waals surface area contributed by atoms with Crippen molar-refractivity contribution in [2.45, 2.75) is 46.7 Å². The van der Waals surface area contributed by atoms with Crippen LogP contribution in [0.3, 0.4) is 0 Å². The van der Waals surface area contributed by atoms with Crippen molar-refractivity contribution in [1.82, 2.24) is 10.3 Å². The maximum Gasteiger partial charge on any atom is 0.252 e. The van der Waals surface area contributed by atoms with Crippen LogP contribution in [0.5, 0.6) is 0 Å². The molecule has 112 valence electrons. The third-order valence-electron chi connectivity index (χ3n) is 3.93. The van der Waals surface area contributed by atoms with Gasteiger partial charge >= 0.3 is 0 Å². The molecule has 21 heavy (non-hydrogen) atoms. The van der Waals surface area contributed by atoms with Crippen molar-refractivity contribution in [2.24, 2.45) is 0 Å². The van der Waals surface area contributed by atoms with E-state index in [9.17, 15) is 4.79 Å². The highest BCUT2D eigenvalue weighted by atomic mass is 16.1. The molecule has 0 saturated carbocycles. The minimum absolute atomic E-state index is 0.00999. The summed E-state index contributed by atoms with van der Waals surface area (Å²) in [6, 6.07) is 10.6. The van der Waals surface area contributed by atoms with Crippen LogP contribution >= 0.6 is 0 Å². The van der Waals surface area contributed by atoms with Gasteiger partial charge in [-0.1, -0.05) is 30.7 Å². The fourth-order valence-corrected chi connectivity index (χ4v) is 2.25. The van der Waals surface area contributed by atoms with E-state index in [-0.39, 0.29) is 5.56 Å². The smallest absolute Gasteiger partial charge is 0.252 e. The van der Waals surface area contributed by atoms with E-state index in [0.29, 0.717) is 12.6 Å². The van der Waals surface area contributed by atoms with Crippen LogP contribution < -0.4 is 10.9 Å². The molecule has 1 unspecified atom stereocenters. The van der Waals surface area contributed by atoms with Gasteiger partial charge in [-0.15, -0.1) is 0 Å². The fraction of sp³-hybridized carbons (Fsp3) is 0.389. The first kappa shape index (κ1) is 15.5. The number of pyridine rings is 1. The molecular formula is C18H24N2O. The van der Waals surface area contributed by atoms with E-state index >= 15 is 0 Å². The fourth-order valence-electron chi connectivity index (χ4n) is 2.25. The maximum atomic E-state index is 12.2. The summed E-state index contributed by atoms with van der Waals surface area (Å²) in [6.45, 7) is 8.98. The topological polar surface area (TPSA) is 44.9 Å². The molecule has 3 nitrogen and oxygen atoms in total. The normalized spacial score (nSPS) is 12.4. The van der Waals surface area contributed by atoms with E-state index in [4.69, 9.17) is 0 Å². The van der Waals surface area contributed by atoms with Crippen molar-refractivity contribution >= 4 is 0 Å². The lowest BCUT2D eigenvalue weighted by Gasteiger charge is -2.12. The highest BCUT2D eigenvalue weighted by Crippen LogP contribution is 2.21. The summed E-state index contributed by atoms with van der Waals surface area (Å²) < 4.78 is 0. The number of H-pyrrole nitrogens is 1. The van der Waals surface area contributed by atoms with Crippen LogP contribution in [-0.2, 0) is 6.54 Å². The number of aryl methyl sites for hydroxylation is 2. The van der Waals surface area contributed by atoms with Crippen LogP contribution in [0.4, 0.5) is 0 Å². The Bertz CT molecular complexity index is 673. The molecule has 0 saturated heterocycles. The van der Waals surface area contributed by atoms with E-state index in [1.165, 1.54) is 11.1 Å². The summed E-state index contributed by atoms with van der Waals surface area (Å²) in [4.78, 5) is 15.2. The number of hydrogen-bond acceptors (Lipinski definition) is 2. The van der Waals surface area contributed by atoms with E-state index in [2.05, 4.69) is 56.2 Å². The second-order valence-electron chi connectivity index (χ2n) is 5.73. The van der Waals surface area contributed by atoms with Crippen molar-refractivity contribution in [3.63, 3.8) is 0 Å². The van der Waals surface area contributed by atoms with Crippen molar-refractivity contribution < 1.29 is 0 Å². The molecule has 1 atom stereocenters. The second kappa shape index (κ2) is 6.72. The Morgan fingerprint density at radius 1 is 1.19 bits per heavy atom. The first-order valence-electron chi connectivity index (χ1n) is 7.54. The standard InChI is InChI=1S/C18H24N2O/c1-5-14(4)19-11-15-8-9-17(20-18(15)21)16-10-12(2)6-7-13(16)3/h6-10,14,19H,5,11H2,1-4H3,(H,20,21). The van der Waals surface area contributed by atoms with Crippen molar-refractivity contribution in [3.05, 3.63) is 57.4 Å². The van der Waals surface area contributed by atoms with Gasteiger partial charge in [0.05, 0.1) is 0 Å². The van der Waals surface area contributed by atoms with Crippen LogP contribution in [0.2, 0.25) is 0 Å². The van der Waals surface area contributed by atoms with Gasteiger partial charge in [0.2, 0.25) is 0 Å². The highest BCUT2D eigenvalue weighted by molar-refractivity contribution is 5.64. The van der Waals surface area contributed by atoms with Crippen LogP contribution in [0.1, 0.15) is 37.0 Å². The van der Waals surface area contributed by atoms with Gasteiger partial charge in [-0.3, -0.25) is 4.79 Å². The van der Waals surface area contributed by atoms with Crippen LogP contribution in [0, 0.1) is 13.8 Å². The Morgan fingerprint density at radius 3 is 2.62 bits per heavy atom. The van der Waals surface area contributed by atoms with E-state index in [1.807, 2.05) is 12.1 Å². The molecule has 0 bridgehead atoms. The average Bonchev–Trinajstić information content (AvgIpc) is 2.48. The minimum atomic E-state index is -0.00999. The number of rotatable bonds is 5. The van der Waals surface area contributed by atoms with Gasteiger partial charge in [-0.2, -0.15) is 0 Å². The molecule has 0 spiro atoms. The number of benzene rings is 1. The monoisotopic (exact) mass is 284 g/mol. The third-order valence-corrected chi connectivity index (χ3v) is 3.93. The SMILES string of the molecule is CCC(C)NCc1ccc(-c2cc(C)ccc2C)[nH]c1=O. The summed E-state index contributed by atoms with van der Waals surface area (Å²) in [5.74, 6) is 0. The Hall–Kier alpha value is -1.87. The van der Waals surface area contributed by atoms with Crippen LogP contribution in [0.25, 0.3) is 11.3 Å². The molecule has 0 aliphatic carbocycles. The zero-order chi connectivity index (χ0) is 15.4. The lowest BCUT2D eigenvalue weighted by Crippen LogP contribution is -2.28. The Balaban J connectivity index is 2.27. The molecule has 0 amide bonds. The largest absolute Gasteiger partial charge is 0.322 e. The molecule has 1 heterocycles. The summed E-state index contributed by atoms with van der Waals surface area (Å²) >= 11 is 0. The summed E-state index contributed by atoms with van der Waals surface area (Å²) in [5.41, 5.74) is 5.11. The molecular weight excluding hydrogens is 260 g/mol. The first-order valence-corrected chi connectivity index (χ1v) is 7.54. The zero-order valence-electron chi connectivity index (χ0n) is 13.3. The van der Waals surface area contributed by atoms with Crippen molar-refractivity contribution in [2.75, 3.05) is 0 Å². The van der Waals surface area contributed by atoms with Gasteiger partial charge in [0.1, 0.15) is 0 Å². The lowest BCUT2D eigenvalue weighted by atomic mass is 10.0. The maximum absolute atomic E-state index is 12.2. The Kier molecular flexibility index (Phi) is 4.97. The molecule has 2 aromatic rings. The molecule has 2 rings (SSSR count). The molecule has 0 radical (unpaired) electrons. The third kappa shape index (κ3) is 3.82. The first-order chi connectivity index (χ1) is 10.0. The van der Waals surface area contributed by atoms with Crippen molar-refractivity contribution in [1.29, 1.82) is 0 Å².